The van der Waals surface area contributed by atoms with Gasteiger partial charge in [-0.05, 0) is 31.2 Å². The van der Waals surface area contributed by atoms with Gasteiger partial charge in [0.1, 0.15) is 6.54 Å². The van der Waals surface area contributed by atoms with Gasteiger partial charge >= 0.3 is 6.18 Å². The van der Waals surface area contributed by atoms with Crippen molar-refractivity contribution in [2.75, 3.05) is 4.90 Å². The summed E-state index contributed by atoms with van der Waals surface area (Å²) in [6, 6.07) is 9.49. The predicted octanol–water partition coefficient (Wildman–Crippen LogP) is 3.56. The molecule has 1 saturated heterocycles. The van der Waals surface area contributed by atoms with Gasteiger partial charge in [-0.2, -0.15) is 23.3 Å². The second-order valence-electron chi connectivity index (χ2n) is 7.63. The summed E-state index contributed by atoms with van der Waals surface area (Å²) >= 11 is 0. The summed E-state index contributed by atoms with van der Waals surface area (Å²) in [5.41, 5.74) is 0.698. The number of anilines is 1. The van der Waals surface area contributed by atoms with Gasteiger partial charge in [0, 0.05) is 5.56 Å². The maximum atomic E-state index is 13.0. The largest absolute Gasteiger partial charge is 0.416 e. The maximum absolute atomic E-state index is 13.0. The van der Waals surface area contributed by atoms with Crippen LogP contribution in [0.15, 0.2) is 63.4 Å². The molecule has 1 aromatic heterocycles. The first-order valence-electron chi connectivity index (χ1n) is 9.84. The minimum atomic E-state index is -4.51. The van der Waals surface area contributed by atoms with Crippen molar-refractivity contribution in [3.05, 3.63) is 65.5 Å². The molecule has 0 N–H and O–H groups in total. The SMILES string of the molecule is Cc1ccc(N2C(=O)[C@@H]3N=NN(Cc4nc(-c5cccc(C(F)(F)F)c5)no4)[C@H]3C2=O)cc1. The molecule has 5 rings (SSSR count). The Morgan fingerprint density at radius 2 is 1.82 bits per heavy atom. The van der Waals surface area contributed by atoms with Crippen LogP contribution in [0.1, 0.15) is 17.0 Å². The van der Waals surface area contributed by atoms with E-state index in [0.29, 0.717) is 5.69 Å². The molecule has 2 aliphatic rings. The van der Waals surface area contributed by atoms with E-state index >= 15 is 0 Å². The summed E-state index contributed by atoms with van der Waals surface area (Å²) in [5, 5.41) is 12.8. The van der Waals surface area contributed by atoms with Gasteiger partial charge < -0.3 is 4.52 Å². The van der Waals surface area contributed by atoms with E-state index in [1.54, 1.807) is 24.3 Å². The predicted molar refractivity (Wildman–Crippen MR) is 106 cm³/mol. The third-order valence-corrected chi connectivity index (χ3v) is 5.36. The second kappa shape index (κ2) is 7.50. The van der Waals surface area contributed by atoms with Gasteiger partial charge in [0.05, 0.1) is 11.3 Å². The summed E-state index contributed by atoms with van der Waals surface area (Å²) in [4.78, 5) is 31.0. The van der Waals surface area contributed by atoms with E-state index in [1.165, 1.54) is 17.1 Å². The summed E-state index contributed by atoms with van der Waals surface area (Å²) in [5.74, 6) is -1.01. The lowest BCUT2D eigenvalue weighted by Gasteiger charge is -2.19. The van der Waals surface area contributed by atoms with Crippen molar-refractivity contribution in [2.45, 2.75) is 31.7 Å². The number of benzene rings is 2. The molecule has 0 aliphatic carbocycles. The van der Waals surface area contributed by atoms with E-state index in [1.807, 2.05) is 6.92 Å². The smallest absolute Gasteiger partial charge is 0.337 e. The summed E-state index contributed by atoms with van der Waals surface area (Å²) in [7, 11) is 0. The van der Waals surface area contributed by atoms with Gasteiger partial charge in [-0.1, -0.05) is 40.2 Å². The molecule has 3 aromatic rings. The monoisotopic (exact) mass is 456 g/mol. The molecule has 3 heterocycles. The van der Waals surface area contributed by atoms with Crippen LogP contribution in [0.2, 0.25) is 0 Å². The van der Waals surface area contributed by atoms with E-state index < -0.39 is 35.6 Å². The average molecular weight is 456 g/mol. The summed E-state index contributed by atoms with van der Waals surface area (Å²) in [6.07, 6.45) is -4.51. The Labute approximate surface area is 184 Å². The second-order valence-corrected chi connectivity index (χ2v) is 7.63. The molecule has 2 aliphatic heterocycles. The van der Waals surface area contributed by atoms with Crippen molar-refractivity contribution in [1.82, 2.24) is 15.1 Å². The Morgan fingerprint density at radius 1 is 1.06 bits per heavy atom. The number of hydrogen-bond acceptors (Lipinski definition) is 8. The van der Waals surface area contributed by atoms with E-state index in [4.69, 9.17) is 4.52 Å². The fourth-order valence-electron chi connectivity index (χ4n) is 3.71. The molecule has 0 radical (unpaired) electrons. The Morgan fingerprint density at radius 3 is 2.55 bits per heavy atom. The summed E-state index contributed by atoms with van der Waals surface area (Å²) in [6.45, 7) is 1.75. The van der Waals surface area contributed by atoms with Gasteiger partial charge in [-0.3, -0.25) is 14.6 Å². The first-order valence-corrected chi connectivity index (χ1v) is 9.84. The Kier molecular flexibility index (Phi) is 4.73. The number of halogens is 3. The first kappa shape index (κ1) is 20.8. The first-order chi connectivity index (χ1) is 15.7. The number of aryl methyl sites for hydroxylation is 1. The molecule has 33 heavy (non-hydrogen) atoms. The van der Waals surface area contributed by atoms with E-state index in [0.717, 1.165) is 22.6 Å². The lowest BCUT2D eigenvalue weighted by atomic mass is 10.1. The number of alkyl halides is 3. The molecular weight excluding hydrogens is 441 g/mol. The maximum Gasteiger partial charge on any atom is 0.416 e. The molecule has 0 saturated carbocycles. The van der Waals surface area contributed by atoms with Crippen molar-refractivity contribution in [3.8, 4) is 11.4 Å². The molecular formula is C21H15F3N6O3. The Hall–Kier alpha value is -4.09. The number of imide groups is 1. The molecule has 168 valence electrons. The van der Waals surface area contributed by atoms with Crippen LogP contribution >= 0.6 is 0 Å². The van der Waals surface area contributed by atoms with Gasteiger partial charge in [0.15, 0.2) is 12.1 Å². The molecule has 0 bridgehead atoms. The van der Waals surface area contributed by atoms with Gasteiger partial charge in [0.2, 0.25) is 11.7 Å². The van der Waals surface area contributed by atoms with Crippen LogP contribution in [0.5, 0.6) is 0 Å². The molecule has 2 atom stereocenters. The van der Waals surface area contributed by atoms with Crippen LogP contribution in [0, 0.1) is 6.92 Å². The number of fused-ring (bicyclic) bond motifs is 1. The fourth-order valence-corrected chi connectivity index (χ4v) is 3.71. The van der Waals surface area contributed by atoms with Gasteiger partial charge in [0.25, 0.3) is 11.8 Å². The average Bonchev–Trinajstić information content (AvgIpc) is 3.47. The number of carbonyl (C=O) groups excluding carboxylic acids is 2. The number of amides is 2. The highest BCUT2D eigenvalue weighted by molar-refractivity contribution is 6.25. The van der Waals surface area contributed by atoms with Crippen molar-refractivity contribution in [3.63, 3.8) is 0 Å². The highest BCUT2D eigenvalue weighted by Gasteiger charge is 2.55. The molecule has 9 nitrogen and oxygen atoms in total. The molecule has 0 spiro atoms. The van der Waals surface area contributed by atoms with Crippen molar-refractivity contribution in [1.29, 1.82) is 0 Å². The van der Waals surface area contributed by atoms with Crippen molar-refractivity contribution in [2.24, 2.45) is 10.3 Å². The van der Waals surface area contributed by atoms with E-state index in [2.05, 4.69) is 20.5 Å². The number of nitrogens with zero attached hydrogens (tertiary/aromatic N) is 6. The highest BCUT2D eigenvalue weighted by Crippen LogP contribution is 2.34. The van der Waals surface area contributed by atoms with Crippen LogP contribution in [-0.4, -0.2) is 39.0 Å². The van der Waals surface area contributed by atoms with Crippen molar-refractivity contribution >= 4 is 17.5 Å². The Balaban J connectivity index is 1.35. The zero-order valence-electron chi connectivity index (χ0n) is 17.0. The number of aromatic nitrogens is 2. The number of rotatable bonds is 4. The van der Waals surface area contributed by atoms with Gasteiger partial charge in [-0.15, -0.1) is 0 Å². The minimum absolute atomic E-state index is 0.0102. The zero-order valence-corrected chi connectivity index (χ0v) is 17.0. The zero-order chi connectivity index (χ0) is 23.3. The third-order valence-electron chi connectivity index (χ3n) is 5.36. The van der Waals surface area contributed by atoms with Crippen LogP contribution in [0.25, 0.3) is 11.4 Å². The molecule has 12 heteroatoms. The quantitative estimate of drug-likeness (QED) is 0.556. The van der Waals surface area contributed by atoms with E-state index in [9.17, 15) is 22.8 Å². The number of hydrogen-bond donors (Lipinski definition) is 0. The Bertz CT molecular complexity index is 1270. The lowest BCUT2D eigenvalue weighted by Crippen LogP contribution is -2.39. The summed E-state index contributed by atoms with van der Waals surface area (Å²) < 4.78 is 44.1. The lowest BCUT2D eigenvalue weighted by molar-refractivity contribution is -0.137. The van der Waals surface area contributed by atoms with Gasteiger partial charge in [-0.25, -0.2) is 4.90 Å². The van der Waals surface area contributed by atoms with E-state index in [-0.39, 0.29) is 23.8 Å². The van der Waals surface area contributed by atoms with Crippen molar-refractivity contribution < 1.29 is 27.3 Å². The molecule has 1 fully saturated rings. The molecule has 2 amide bonds. The topological polar surface area (TPSA) is 104 Å². The molecule has 2 aromatic carbocycles. The highest BCUT2D eigenvalue weighted by atomic mass is 19.4. The van der Waals surface area contributed by atoms with Crippen LogP contribution < -0.4 is 4.90 Å². The van der Waals surface area contributed by atoms with Crippen LogP contribution in [0.4, 0.5) is 18.9 Å². The normalized spacial score (nSPS) is 20.1. The molecule has 0 unspecified atom stereocenters. The number of carbonyl (C=O) groups is 2. The fraction of sp³-hybridized carbons (Fsp3) is 0.238. The minimum Gasteiger partial charge on any atom is -0.337 e. The van der Waals surface area contributed by atoms with Crippen LogP contribution in [-0.2, 0) is 22.3 Å². The van der Waals surface area contributed by atoms with Crippen LogP contribution in [0.3, 0.4) is 0 Å². The standard InChI is InChI=1S/C21H15F3N6O3/c1-11-5-7-14(8-6-11)30-19(31)16-17(20(30)32)29(28-26-16)10-15-25-18(27-33-15)12-3-2-4-13(9-12)21(22,23)24/h2-9,16-17H,10H2,1H3/t16-,17-/m1/s1. The third kappa shape index (κ3) is 3.62.